The van der Waals surface area contributed by atoms with Crippen LogP contribution in [0.25, 0.3) is 0 Å². The third kappa shape index (κ3) is 4.07. The molecule has 1 saturated carbocycles. The van der Waals surface area contributed by atoms with E-state index >= 15 is 0 Å². The fourth-order valence-electron chi connectivity index (χ4n) is 2.88. The van der Waals surface area contributed by atoms with Crippen LogP contribution in [0.15, 0.2) is 54.6 Å². The summed E-state index contributed by atoms with van der Waals surface area (Å²) in [5, 5.41) is 3.01. The first-order chi connectivity index (χ1) is 11.7. The van der Waals surface area contributed by atoms with Gasteiger partial charge in [-0.05, 0) is 55.5 Å². The second-order valence-electron chi connectivity index (χ2n) is 6.35. The molecular formula is C20H24N2O2. The number of methoxy groups -OCH3 is 1. The molecular weight excluding hydrogens is 300 g/mol. The van der Waals surface area contributed by atoms with Gasteiger partial charge in [0.05, 0.1) is 7.11 Å². The van der Waals surface area contributed by atoms with Crippen molar-refractivity contribution in [3.8, 4) is 5.75 Å². The Balaban J connectivity index is 1.72. The summed E-state index contributed by atoms with van der Waals surface area (Å²) < 4.78 is 5.16. The number of ether oxygens (including phenoxy) is 1. The lowest BCUT2D eigenvalue weighted by molar-refractivity contribution is 0.181. The molecule has 4 heteroatoms. The molecule has 1 atom stereocenters. The van der Waals surface area contributed by atoms with Gasteiger partial charge in [-0.2, -0.15) is 0 Å². The standard InChI is InChI=1S/C20H24N2O2/c1-15(17-8-9-17)22(14-16-6-4-3-5-7-16)20(23)21-18-10-12-19(24-2)13-11-18/h3-7,10-13,15,17H,8-9,14H2,1-2H3,(H,21,23)/t15-/m1/s1. The average molecular weight is 324 g/mol. The minimum Gasteiger partial charge on any atom is -0.497 e. The SMILES string of the molecule is COc1ccc(NC(=O)N(Cc2ccccc2)[C@H](C)C2CC2)cc1. The molecule has 1 fully saturated rings. The van der Waals surface area contributed by atoms with E-state index in [1.807, 2.05) is 47.4 Å². The summed E-state index contributed by atoms with van der Waals surface area (Å²) in [5.74, 6) is 1.40. The molecule has 1 N–H and O–H groups in total. The Kier molecular flexibility index (Phi) is 5.04. The van der Waals surface area contributed by atoms with Crippen molar-refractivity contribution in [2.45, 2.75) is 32.4 Å². The van der Waals surface area contributed by atoms with Crippen LogP contribution >= 0.6 is 0 Å². The summed E-state index contributed by atoms with van der Waals surface area (Å²) in [7, 11) is 1.63. The summed E-state index contributed by atoms with van der Waals surface area (Å²) >= 11 is 0. The van der Waals surface area contributed by atoms with Gasteiger partial charge in [-0.15, -0.1) is 0 Å². The van der Waals surface area contributed by atoms with Crippen molar-refractivity contribution in [3.05, 3.63) is 60.2 Å². The first-order valence-electron chi connectivity index (χ1n) is 8.43. The predicted molar refractivity (Wildman–Crippen MR) is 96.2 cm³/mol. The number of urea groups is 1. The molecule has 0 spiro atoms. The van der Waals surface area contributed by atoms with Crippen molar-refractivity contribution in [1.82, 2.24) is 4.90 Å². The fourth-order valence-corrected chi connectivity index (χ4v) is 2.88. The Labute approximate surface area is 143 Å². The first kappa shape index (κ1) is 16.4. The van der Waals surface area contributed by atoms with E-state index in [0.29, 0.717) is 12.5 Å². The molecule has 0 saturated heterocycles. The first-order valence-corrected chi connectivity index (χ1v) is 8.43. The molecule has 1 aliphatic carbocycles. The van der Waals surface area contributed by atoms with Crippen LogP contribution in [0.3, 0.4) is 0 Å². The van der Waals surface area contributed by atoms with Gasteiger partial charge in [0.15, 0.2) is 0 Å². The summed E-state index contributed by atoms with van der Waals surface area (Å²) in [5.41, 5.74) is 1.93. The number of anilines is 1. The van der Waals surface area contributed by atoms with Gasteiger partial charge >= 0.3 is 6.03 Å². The third-order valence-electron chi connectivity index (χ3n) is 4.59. The maximum absolute atomic E-state index is 12.8. The lowest BCUT2D eigenvalue weighted by Crippen LogP contribution is -2.42. The smallest absolute Gasteiger partial charge is 0.322 e. The van der Waals surface area contributed by atoms with Crippen molar-refractivity contribution >= 4 is 11.7 Å². The van der Waals surface area contributed by atoms with E-state index in [1.165, 1.54) is 12.8 Å². The van der Waals surface area contributed by atoms with Crippen LogP contribution in [0, 0.1) is 5.92 Å². The fraction of sp³-hybridized carbons (Fsp3) is 0.350. The van der Waals surface area contributed by atoms with E-state index in [4.69, 9.17) is 4.74 Å². The van der Waals surface area contributed by atoms with Crippen LogP contribution in [0.2, 0.25) is 0 Å². The molecule has 0 unspecified atom stereocenters. The Bertz CT molecular complexity index is 666. The minimum absolute atomic E-state index is 0.0524. The van der Waals surface area contributed by atoms with Crippen LogP contribution in [-0.2, 0) is 6.54 Å². The lowest BCUT2D eigenvalue weighted by atomic mass is 10.1. The van der Waals surface area contributed by atoms with E-state index in [9.17, 15) is 4.79 Å². The maximum atomic E-state index is 12.8. The van der Waals surface area contributed by atoms with Gasteiger partial charge in [0.1, 0.15) is 5.75 Å². The third-order valence-corrected chi connectivity index (χ3v) is 4.59. The summed E-state index contributed by atoms with van der Waals surface area (Å²) in [6.07, 6.45) is 2.42. The number of hydrogen-bond acceptors (Lipinski definition) is 2. The van der Waals surface area contributed by atoms with Gasteiger partial charge in [-0.25, -0.2) is 4.79 Å². The molecule has 2 aromatic carbocycles. The number of amides is 2. The zero-order chi connectivity index (χ0) is 16.9. The number of hydrogen-bond donors (Lipinski definition) is 1. The molecule has 24 heavy (non-hydrogen) atoms. The number of rotatable bonds is 6. The highest BCUT2D eigenvalue weighted by Gasteiger charge is 2.34. The van der Waals surface area contributed by atoms with E-state index in [-0.39, 0.29) is 12.1 Å². The summed E-state index contributed by atoms with van der Waals surface area (Å²) in [6, 6.07) is 17.7. The molecule has 2 aromatic rings. The molecule has 0 aliphatic heterocycles. The zero-order valence-electron chi connectivity index (χ0n) is 14.2. The Morgan fingerprint density at radius 1 is 1.17 bits per heavy atom. The molecule has 3 rings (SSSR count). The van der Waals surface area contributed by atoms with E-state index in [2.05, 4.69) is 24.4 Å². The molecule has 0 bridgehead atoms. The quantitative estimate of drug-likeness (QED) is 0.848. The Morgan fingerprint density at radius 2 is 1.83 bits per heavy atom. The van der Waals surface area contributed by atoms with Crippen molar-refractivity contribution < 1.29 is 9.53 Å². The highest BCUT2D eigenvalue weighted by Crippen LogP contribution is 2.36. The molecule has 126 valence electrons. The Hall–Kier alpha value is -2.49. The van der Waals surface area contributed by atoms with E-state index in [1.54, 1.807) is 7.11 Å². The topological polar surface area (TPSA) is 41.6 Å². The number of benzene rings is 2. The minimum atomic E-state index is -0.0524. The summed E-state index contributed by atoms with van der Waals surface area (Å²) in [6.45, 7) is 2.77. The molecule has 2 amide bonds. The van der Waals surface area contributed by atoms with Gasteiger partial charge in [-0.1, -0.05) is 30.3 Å². The van der Waals surface area contributed by atoms with Crippen molar-refractivity contribution in [1.29, 1.82) is 0 Å². The largest absolute Gasteiger partial charge is 0.497 e. The summed E-state index contributed by atoms with van der Waals surface area (Å²) in [4.78, 5) is 14.8. The van der Waals surface area contributed by atoms with Gasteiger partial charge in [0, 0.05) is 18.3 Å². The van der Waals surface area contributed by atoms with Crippen LogP contribution in [0.1, 0.15) is 25.3 Å². The second kappa shape index (κ2) is 7.39. The number of carbonyl (C=O) groups is 1. The second-order valence-corrected chi connectivity index (χ2v) is 6.35. The zero-order valence-corrected chi connectivity index (χ0v) is 14.2. The molecule has 0 heterocycles. The van der Waals surface area contributed by atoms with Crippen molar-refractivity contribution in [2.75, 3.05) is 12.4 Å². The van der Waals surface area contributed by atoms with Gasteiger partial charge in [-0.3, -0.25) is 0 Å². The maximum Gasteiger partial charge on any atom is 0.322 e. The van der Waals surface area contributed by atoms with Crippen LogP contribution in [-0.4, -0.2) is 24.1 Å². The average Bonchev–Trinajstić information content (AvgIpc) is 3.46. The number of carbonyl (C=O) groups excluding carboxylic acids is 1. The van der Waals surface area contributed by atoms with Gasteiger partial charge < -0.3 is 15.0 Å². The van der Waals surface area contributed by atoms with E-state index < -0.39 is 0 Å². The molecule has 0 aromatic heterocycles. The molecule has 4 nitrogen and oxygen atoms in total. The lowest BCUT2D eigenvalue weighted by Gasteiger charge is -2.29. The Morgan fingerprint density at radius 3 is 2.42 bits per heavy atom. The highest BCUT2D eigenvalue weighted by atomic mass is 16.5. The van der Waals surface area contributed by atoms with Crippen molar-refractivity contribution in [3.63, 3.8) is 0 Å². The van der Waals surface area contributed by atoms with Crippen LogP contribution in [0.5, 0.6) is 5.75 Å². The van der Waals surface area contributed by atoms with E-state index in [0.717, 1.165) is 17.0 Å². The highest BCUT2D eigenvalue weighted by molar-refractivity contribution is 5.89. The number of nitrogens with zero attached hydrogens (tertiary/aromatic N) is 1. The number of nitrogens with one attached hydrogen (secondary N) is 1. The normalized spacial score (nSPS) is 14.8. The van der Waals surface area contributed by atoms with Crippen LogP contribution < -0.4 is 10.1 Å². The van der Waals surface area contributed by atoms with Crippen molar-refractivity contribution in [2.24, 2.45) is 5.92 Å². The predicted octanol–water partition coefficient (Wildman–Crippen LogP) is 4.53. The van der Waals surface area contributed by atoms with Gasteiger partial charge in [0.25, 0.3) is 0 Å². The molecule has 0 radical (unpaired) electrons. The monoisotopic (exact) mass is 324 g/mol. The van der Waals surface area contributed by atoms with Crippen LogP contribution in [0.4, 0.5) is 10.5 Å². The van der Waals surface area contributed by atoms with Gasteiger partial charge in [0.2, 0.25) is 0 Å². The molecule has 1 aliphatic rings.